The minimum Gasteiger partial charge on any atom is -0.392 e. The van der Waals surface area contributed by atoms with E-state index in [1.165, 1.54) is 5.57 Å². The number of carbonyl (C=O) groups is 1. The molecule has 1 amide bonds. The number of aryl methyl sites for hydroxylation is 1. The van der Waals surface area contributed by atoms with Crippen LogP contribution in [-0.2, 0) is 11.2 Å². The summed E-state index contributed by atoms with van der Waals surface area (Å²) in [5.41, 5.74) is 2.25. The van der Waals surface area contributed by atoms with Gasteiger partial charge in [0, 0.05) is 57.0 Å². The van der Waals surface area contributed by atoms with Gasteiger partial charge < -0.3 is 10.0 Å². The molecule has 3 heterocycles. The van der Waals surface area contributed by atoms with Gasteiger partial charge in [-0.15, -0.1) is 0 Å². The third-order valence-corrected chi connectivity index (χ3v) is 6.03. The Kier molecular flexibility index (Phi) is 6.66. The van der Waals surface area contributed by atoms with Gasteiger partial charge in [-0.1, -0.05) is 17.7 Å². The number of hydrogen-bond acceptors (Lipinski definition) is 4. The van der Waals surface area contributed by atoms with E-state index in [1.54, 1.807) is 6.20 Å². The van der Waals surface area contributed by atoms with Crippen molar-refractivity contribution in [2.45, 2.75) is 52.1 Å². The predicted octanol–water partition coefficient (Wildman–Crippen LogP) is 2.66. The van der Waals surface area contributed by atoms with Crippen LogP contribution >= 0.6 is 0 Å². The number of hydrogen-bond donors (Lipinski definition) is 1. The molecule has 0 radical (unpaired) electrons. The molecule has 0 unspecified atom stereocenters. The van der Waals surface area contributed by atoms with Crippen LogP contribution in [0.1, 0.15) is 45.1 Å². The summed E-state index contributed by atoms with van der Waals surface area (Å²) in [4.78, 5) is 21.4. The normalized spacial score (nSPS) is 26.2. The SMILES string of the molecule is CC(C)=CCN1CC[C@@H](O)[C@]2(CCCN(C(=O)CCc3cccnc3)C2)C1. The molecule has 1 aromatic rings. The first-order valence-electron chi connectivity index (χ1n) is 10.2. The molecule has 2 fully saturated rings. The van der Waals surface area contributed by atoms with E-state index in [9.17, 15) is 9.90 Å². The zero-order valence-corrected chi connectivity index (χ0v) is 16.7. The van der Waals surface area contributed by atoms with Gasteiger partial charge in [0.15, 0.2) is 0 Å². The van der Waals surface area contributed by atoms with Gasteiger partial charge in [0.2, 0.25) is 5.91 Å². The highest BCUT2D eigenvalue weighted by molar-refractivity contribution is 5.76. The van der Waals surface area contributed by atoms with Crippen molar-refractivity contribution in [2.24, 2.45) is 5.41 Å². The number of aromatic nitrogens is 1. The maximum Gasteiger partial charge on any atom is 0.222 e. The fraction of sp³-hybridized carbons (Fsp3) is 0.636. The highest BCUT2D eigenvalue weighted by atomic mass is 16.3. The summed E-state index contributed by atoms with van der Waals surface area (Å²) in [6, 6.07) is 3.93. The molecule has 0 aliphatic carbocycles. The van der Waals surface area contributed by atoms with E-state index in [1.807, 2.05) is 23.2 Å². The fourth-order valence-corrected chi connectivity index (χ4v) is 4.44. The van der Waals surface area contributed by atoms with Crippen LogP contribution < -0.4 is 0 Å². The lowest BCUT2D eigenvalue weighted by atomic mass is 9.71. The Morgan fingerprint density at radius 2 is 2.22 bits per heavy atom. The number of carbonyl (C=O) groups excluding carboxylic acids is 1. The Hall–Kier alpha value is -1.72. The molecule has 2 aliphatic heterocycles. The van der Waals surface area contributed by atoms with Gasteiger partial charge in [0.25, 0.3) is 0 Å². The molecule has 1 N–H and O–H groups in total. The molecule has 0 aromatic carbocycles. The summed E-state index contributed by atoms with van der Waals surface area (Å²) in [7, 11) is 0. The third-order valence-electron chi connectivity index (χ3n) is 6.03. The number of aliphatic hydroxyl groups is 1. The highest BCUT2D eigenvalue weighted by Gasteiger charge is 2.45. The number of rotatable bonds is 5. The monoisotopic (exact) mass is 371 g/mol. The summed E-state index contributed by atoms with van der Waals surface area (Å²) in [5, 5.41) is 10.8. The summed E-state index contributed by atoms with van der Waals surface area (Å²) in [6.45, 7) is 8.49. The molecular weight excluding hydrogens is 338 g/mol. The van der Waals surface area contributed by atoms with Crippen molar-refractivity contribution < 1.29 is 9.90 Å². The fourth-order valence-electron chi connectivity index (χ4n) is 4.44. The zero-order chi connectivity index (χ0) is 19.3. The molecule has 2 saturated heterocycles. The van der Waals surface area contributed by atoms with Gasteiger partial charge in [-0.05, 0) is 51.2 Å². The molecular formula is C22H33N3O2. The maximum absolute atomic E-state index is 12.8. The number of amides is 1. The van der Waals surface area contributed by atoms with Crippen LogP contribution in [0.4, 0.5) is 0 Å². The van der Waals surface area contributed by atoms with Gasteiger partial charge in [0.1, 0.15) is 0 Å². The number of aliphatic hydroxyl groups excluding tert-OH is 1. The van der Waals surface area contributed by atoms with E-state index in [0.29, 0.717) is 13.0 Å². The topological polar surface area (TPSA) is 56.7 Å². The average molecular weight is 372 g/mol. The minimum absolute atomic E-state index is 0.171. The Bertz CT molecular complexity index is 657. The Morgan fingerprint density at radius 1 is 1.37 bits per heavy atom. The molecule has 0 bridgehead atoms. The lowest BCUT2D eigenvalue weighted by Gasteiger charge is -2.51. The van der Waals surface area contributed by atoms with Crippen molar-refractivity contribution in [3.05, 3.63) is 41.7 Å². The van der Waals surface area contributed by atoms with E-state index in [0.717, 1.165) is 57.4 Å². The predicted molar refractivity (Wildman–Crippen MR) is 107 cm³/mol. The molecule has 1 aromatic heterocycles. The van der Waals surface area contributed by atoms with Gasteiger partial charge in [0.05, 0.1) is 6.10 Å². The van der Waals surface area contributed by atoms with Crippen LogP contribution in [0.3, 0.4) is 0 Å². The largest absolute Gasteiger partial charge is 0.392 e. The van der Waals surface area contributed by atoms with Crippen molar-refractivity contribution in [1.82, 2.24) is 14.8 Å². The second kappa shape index (κ2) is 8.98. The average Bonchev–Trinajstić information content (AvgIpc) is 2.68. The third kappa shape index (κ3) is 5.17. The van der Waals surface area contributed by atoms with Crippen LogP contribution in [0.2, 0.25) is 0 Å². The molecule has 27 heavy (non-hydrogen) atoms. The first-order chi connectivity index (χ1) is 13.0. The molecule has 5 nitrogen and oxygen atoms in total. The molecule has 2 aliphatic rings. The summed E-state index contributed by atoms with van der Waals surface area (Å²) < 4.78 is 0. The summed E-state index contributed by atoms with van der Waals surface area (Å²) >= 11 is 0. The van der Waals surface area contributed by atoms with E-state index in [4.69, 9.17) is 0 Å². The molecule has 2 atom stereocenters. The maximum atomic E-state index is 12.8. The Morgan fingerprint density at radius 3 is 2.96 bits per heavy atom. The van der Waals surface area contributed by atoms with Crippen molar-refractivity contribution >= 4 is 5.91 Å². The van der Waals surface area contributed by atoms with Crippen LogP contribution in [0.25, 0.3) is 0 Å². The van der Waals surface area contributed by atoms with Crippen molar-refractivity contribution in [3.63, 3.8) is 0 Å². The van der Waals surface area contributed by atoms with Gasteiger partial charge in [-0.2, -0.15) is 0 Å². The van der Waals surface area contributed by atoms with Crippen molar-refractivity contribution in [1.29, 1.82) is 0 Å². The van der Waals surface area contributed by atoms with E-state index >= 15 is 0 Å². The Balaban J connectivity index is 1.61. The van der Waals surface area contributed by atoms with Gasteiger partial charge >= 0.3 is 0 Å². The number of likely N-dealkylation sites (tertiary alicyclic amines) is 2. The summed E-state index contributed by atoms with van der Waals surface area (Å²) in [5.74, 6) is 0.201. The zero-order valence-electron chi connectivity index (χ0n) is 16.7. The quantitative estimate of drug-likeness (QED) is 0.809. The number of allylic oxidation sites excluding steroid dienone is 1. The lowest BCUT2D eigenvalue weighted by molar-refractivity contribution is -0.141. The van der Waals surface area contributed by atoms with E-state index < -0.39 is 0 Å². The highest BCUT2D eigenvalue weighted by Crippen LogP contribution is 2.39. The first-order valence-corrected chi connectivity index (χ1v) is 10.2. The van der Waals surface area contributed by atoms with Crippen molar-refractivity contribution in [2.75, 3.05) is 32.7 Å². The van der Waals surface area contributed by atoms with Gasteiger partial charge in [-0.25, -0.2) is 0 Å². The van der Waals surface area contributed by atoms with Crippen LogP contribution in [0.5, 0.6) is 0 Å². The number of pyridine rings is 1. The molecule has 148 valence electrons. The lowest BCUT2D eigenvalue weighted by Crippen LogP contribution is -2.59. The Labute approximate surface area is 163 Å². The molecule has 0 saturated carbocycles. The molecule has 3 rings (SSSR count). The van der Waals surface area contributed by atoms with Crippen LogP contribution in [0.15, 0.2) is 36.2 Å². The van der Waals surface area contributed by atoms with Gasteiger partial charge in [-0.3, -0.25) is 14.7 Å². The van der Waals surface area contributed by atoms with E-state index in [-0.39, 0.29) is 17.4 Å². The molecule has 1 spiro atoms. The first kappa shape index (κ1) is 20.0. The number of piperidine rings is 2. The minimum atomic E-state index is -0.311. The second-order valence-corrected chi connectivity index (χ2v) is 8.46. The smallest absolute Gasteiger partial charge is 0.222 e. The number of nitrogens with zero attached hydrogens (tertiary/aromatic N) is 3. The second-order valence-electron chi connectivity index (χ2n) is 8.46. The summed E-state index contributed by atoms with van der Waals surface area (Å²) in [6.07, 6.45) is 9.55. The van der Waals surface area contributed by atoms with Crippen LogP contribution in [-0.4, -0.2) is 64.6 Å². The standard InChI is InChI=1S/C22H33N3O2/c1-18(2)8-13-24-14-9-20(26)22(16-24)10-4-12-25(17-22)21(27)7-6-19-5-3-11-23-15-19/h3,5,8,11,15,20,26H,4,6-7,9-10,12-14,16-17H2,1-2H3/t20-,22-/m1/s1. The molecule has 5 heteroatoms. The van der Waals surface area contributed by atoms with Crippen molar-refractivity contribution in [3.8, 4) is 0 Å². The van der Waals surface area contributed by atoms with Crippen LogP contribution in [0, 0.1) is 5.41 Å². The van der Waals surface area contributed by atoms with E-state index in [2.05, 4.69) is 29.8 Å².